The number of nitrogen functional groups attached to an aromatic ring is 1. The lowest BCUT2D eigenvalue weighted by atomic mass is 10.2. The highest BCUT2D eigenvalue weighted by atomic mass is 79.9. The highest BCUT2D eigenvalue weighted by molar-refractivity contribution is 9.10. The lowest BCUT2D eigenvalue weighted by Gasteiger charge is -2.08. The third kappa shape index (κ3) is 3.20. The van der Waals surface area contributed by atoms with Gasteiger partial charge in [0.25, 0.3) is 0 Å². The van der Waals surface area contributed by atoms with Crippen LogP contribution in [0.1, 0.15) is 17.1 Å². The molecule has 0 saturated carbocycles. The van der Waals surface area contributed by atoms with Gasteiger partial charge in [-0.2, -0.15) is 0 Å². The predicted molar refractivity (Wildman–Crippen MR) is 74.4 cm³/mol. The zero-order valence-corrected chi connectivity index (χ0v) is 11.9. The van der Waals surface area contributed by atoms with Crippen molar-refractivity contribution in [3.63, 3.8) is 0 Å². The van der Waals surface area contributed by atoms with E-state index >= 15 is 0 Å². The number of ether oxygens (including phenoxy) is 1. The Morgan fingerprint density at radius 1 is 1.22 bits per heavy atom. The Bertz CT molecular complexity index is 552. The summed E-state index contributed by atoms with van der Waals surface area (Å²) in [6.07, 6.45) is 0. The van der Waals surface area contributed by atoms with Crippen molar-refractivity contribution >= 4 is 21.7 Å². The summed E-state index contributed by atoms with van der Waals surface area (Å²) in [7, 11) is 0. The molecule has 4 nitrogen and oxygen atoms in total. The average Bonchev–Trinajstić information content (AvgIpc) is 2.26. The van der Waals surface area contributed by atoms with Gasteiger partial charge in [-0.15, -0.1) is 0 Å². The Kier molecular flexibility index (Phi) is 3.81. The van der Waals surface area contributed by atoms with E-state index in [2.05, 4.69) is 25.9 Å². The summed E-state index contributed by atoms with van der Waals surface area (Å²) in [4.78, 5) is 8.39. The van der Waals surface area contributed by atoms with Gasteiger partial charge in [0.05, 0.1) is 4.47 Å². The molecular weight excluding hydrogens is 294 g/mol. The highest BCUT2D eigenvalue weighted by Gasteiger charge is 2.04. The fraction of sp³-hybridized carbons (Fsp3) is 0.231. The van der Waals surface area contributed by atoms with Gasteiger partial charge in [-0.25, -0.2) is 9.97 Å². The number of aromatic nitrogens is 2. The first kappa shape index (κ1) is 12.8. The number of halogens is 1. The van der Waals surface area contributed by atoms with E-state index in [4.69, 9.17) is 10.5 Å². The van der Waals surface area contributed by atoms with Crippen molar-refractivity contribution < 1.29 is 4.74 Å². The summed E-state index contributed by atoms with van der Waals surface area (Å²) < 4.78 is 6.58. The first-order valence-electron chi connectivity index (χ1n) is 5.53. The molecule has 2 rings (SSSR count). The standard InChI is InChI=1S/C13H14BrN3O/c1-8-3-4-11(10(14)5-8)18-7-13-16-9(2)6-12(15)17-13/h3-6H,7H2,1-2H3,(H2,15,16,17). The van der Waals surface area contributed by atoms with Crippen molar-refractivity contribution in [3.8, 4) is 5.75 Å². The molecule has 0 fully saturated rings. The molecule has 5 heteroatoms. The van der Waals surface area contributed by atoms with Crippen LogP contribution in [0.2, 0.25) is 0 Å². The lowest BCUT2D eigenvalue weighted by Crippen LogP contribution is -2.05. The van der Waals surface area contributed by atoms with E-state index in [0.717, 1.165) is 15.9 Å². The summed E-state index contributed by atoms with van der Waals surface area (Å²) in [5.41, 5.74) is 7.67. The Balaban J connectivity index is 2.11. The van der Waals surface area contributed by atoms with Gasteiger partial charge in [0, 0.05) is 11.8 Å². The number of aryl methyl sites for hydroxylation is 2. The van der Waals surface area contributed by atoms with Crippen LogP contribution >= 0.6 is 15.9 Å². The van der Waals surface area contributed by atoms with Crippen molar-refractivity contribution in [2.45, 2.75) is 20.5 Å². The Labute approximate surface area is 114 Å². The van der Waals surface area contributed by atoms with Crippen LogP contribution in [0.4, 0.5) is 5.82 Å². The summed E-state index contributed by atoms with van der Waals surface area (Å²) in [5.74, 6) is 1.81. The number of nitrogens with zero attached hydrogens (tertiary/aromatic N) is 2. The molecule has 94 valence electrons. The van der Waals surface area contributed by atoms with Crippen molar-refractivity contribution in [1.82, 2.24) is 9.97 Å². The van der Waals surface area contributed by atoms with Crippen LogP contribution in [0.5, 0.6) is 5.75 Å². The summed E-state index contributed by atoms with van der Waals surface area (Å²) in [6.45, 7) is 4.20. The average molecular weight is 308 g/mol. The van der Waals surface area contributed by atoms with Gasteiger partial charge < -0.3 is 10.5 Å². The Morgan fingerprint density at radius 3 is 2.67 bits per heavy atom. The highest BCUT2D eigenvalue weighted by Crippen LogP contribution is 2.26. The summed E-state index contributed by atoms with van der Waals surface area (Å²) in [6, 6.07) is 7.64. The Hall–Kier alpha value is -1.62. The topological polar surface area (TPSA) is 61.0 Å². The summed E-state index contributed by atoms with van der Waals surface area (Å²) >= 11 is 3.46. The second-order valence-electron chi connectivity index (χ2n) is 4.07. The zero-order valence-electron chi connectivity index (χ0n) is 10.3. The molecule has 0 bridgehead atoms. The molecule has 1 aromatic carbocycles. The number of hydrogen-bond donors (Lipinski definition) is 1. The van der Waals surface area contributed by atoms with Gasteiger partial charge in [0.2, 0.25) is 0 Å². The minimum atomic E-state index is 0.299. The van der Waals surface area contributed by atoms with E-state index in [0.29, 0.717) is 18.2 Å². The van der Waals surface area contributed by atoms with Gasteiger partial charge in [-0.3, -0.25) is 0 Å². The molecule has 0 amide bonds. The maximum atomic E-state index is 5.66. The van der Waals surface area contributed by atoms with Crippen LogP contribution in [-0.4, -0.2) is 9.97 Å². The van der Waals surface area contributed by atoms with Crippen molar-refractivity contribution in [1.29, 1.82) is 0 Å². The van der Waals surface area contributed by atoms with E-state index in [9.17, 15) is 0 Å². The van der Waals surface area contributed by atoms with Crippen molar-refractivity contribution in [3.05, 3.63) is 45.8 Å². The summed E-state index contributed by atoms with van der Waals surface area (Å²) in [5, 5.41) is 0. The third-order valence-corrected chi connectivity index (χ3v) is 2.98. The van der Waals surface area contributed by atoms with Gasteiger partial charge >= 0.3 is 0 Å². The number of rotatable bonds is 3. The van der Waals surface area contributed by atoms with Gasteiger partial charge in [0.1, 0.15) is 18.2 Å². The molecule has 1 heterocycles. The lowest BCUT2D eigenvalue weighted by molar-refractivity contribution is 0.294. The molecule has 0 aliphatic carbocycles. The molecule has 18 heavy (non-hydrogen) atoms. The molecule has 0 atom stereocenters. The SMILES string of the molecule is Cc1ccc(OCc2nc(C)cc(N)n2)c(Br)c1. The number of nitrogens with two attached hydrogens (primary N) is 1. The molecule has 0 spiro atoms. The van der Waals surface area contributed by atoms with Crippen LogP contribution < -0.4 is 10.5 Å². The van der Waals surface area contributed by atoms with E-state index in [-0.39, 0.29) is 0 Å². The minimum absolute atomic E-state index is 0.299. The molecule has 0 saturated heterocycles. The fourth-order valence-electron chi connectivity index (χ4n) is 1.59. The van der Waals surface area contributed by atoms with Crippen LogP contribution in [0.25, 0.3) is 0 Å². The van der Waals surface area contributed by atoms with Crippen LogP contribution in [0.3, 0.4) is 0 Å². The smallest absolute Gasteiger partial charge is 0.168 e. The third-order valence-electron chi connectivity index (χ3n) is 2.36. The first-order valence-corrected chi connectivity index (χ1v) is 6.33. The van der Waals surface area contributed by atoms with E-state index in [1.807, 2.05) is 32.0 Å². The van der Waals surface area contributed by atoms with Gasteiger partial charge in [0.15, 0.2) is 5.82 Å². The zero-order chi connectivity index (χ0) is 13.1. The van der Waals surface area contributed by atoms with E-state index in [1.165, 1.54) is 5.56 Å². The van der Waals surface area contributed by atoms with E-state index in [1.54, 1.807) is 6.07 Å². The molecule has 0 aliphatic heterocycles. The van der Waals surface area contributed by atoms with Gasteiger partial charge in [-0.1, -0.05) is 6.07 Å². The molecule has 0 aliphatic rings. The molecule has 2 N–H and O–H groups in total. The van der Waals surface area contributed by atoms with Crippen LogP contribution in [0, 0.1) is 13.8 Å². The number of hydrogen-bond acceptors (Lipinski definition) is 4. The molecule has 2 aromatic rings. The maximum absolute atomic E-state index is 5.66. The van der Waals surface area contributed by atoms with Gasteiger partial charge in [-0.05, 0) is 47.5 Å². The van der Waals surface area contributed by atoms with Crippen molar-refractivity contribution in [2.24, 2.45) is 0 Å². The monoisotopic (exact) mass is 307 g/mol. The fourth-order valence-corrected chi connectivity index (χ4v) is 2.19. The maximum Gasteiger partial charge on any atom is 0.168 e. The molecule has 0 radical (unpaired) electrons. The molecule has 0 unspecified atom stereocenters. The number of benzene rings is 1. The predicted octanol–water partition coefficient (Wildman–Crippen LogP) is 3.02. The Morgan fingerprint density at radius 2 is 2.00 bits per heavy atom. The molecular formula is C13H14BrN3O. The second-order valence-corrected chi connectivity index (χ2v) is 4.93. The second kappa shape index (κ2) is 5.35. The number of anilines is 1. The first-order chi connectivity index (χ1) is 8.54. The largest absolute Gasteiger partial charge is 0.484 e. The normalized spacial score (nSPS) is 10.4. The quantitative estimate of drug-likeness (QED) is 0.947. The minimum Gasteiger partial charge on any atom is -0.484 e. The van der Waals surface area contributed by atoms with Crippen LogP contribution in [0.15, 0.2) is 28.7 Å². The van der Waals surface area contributed by atoms with Crippen LogP contribution in [-0.2, 0) is 6.61 Å². The van der Waals surface area contributed by atoms with E-state index < -0.39 is 0 Å². The van der Waals surface area contributed by atoms with Crippen molar-refractivity contribution in [2.75, 3.05) is 5.73 Å². The molecule has 1 aromatic heterocycles.